The lowest BCUT2D eigenvalue weighted by Crippen LogP contribution is -2.24. The molecule has 0 aliphatic carbocycles. The first kappa shape index (κ1) is 20.3. The Morgan fingerprint density at radius 2 is 1.71 bits per heavy atom. The zero-order chi connectivity index (χ0) is 18.2. The minimum Gasteiger partial charge on any atom is -0.504 e. The Kier molecular flexibility index (Phi) is 8.06. The van der Waals surface area contributed by atoms with E-state index in [0.29, 0.717) is 12.8 Å². The molecule has 0 aliphatic rings. The summed E-state index contributed by atoms with van der Waals surface area (Å²) in [6.07, 6.45) is 9.50. The molecule has 3 N–H and O–H groups in total. The number of allylic oxidation sites excluding steroid dienone is 4. The van der Waals surface area contributed by atoms with Gasteiger partial charge in [0.15, 0.2) is 11.5 Å². The number of hydrogen-bond donors (Lipinski definition) is 3. The van der Waals surface area contributed by atoms with Gasteiger partial charge in [-0.15, -0.1) is 0 Å². The van der Waals surface area contributed by atoms with E-state index in [2.05, 4.69) is 32.9 Å². The zero-order valence-corrected chi connectivity index (χ0v) is 15.5. The number of aromatic hydroxyl groups is 2. The highest BCUT2D eigenvalue weighted by Gasteiger charge is 2.19. The van der Waals surface area contributed by atoms with E-state index in [1.807, 2.05) is 6.92 Å². The lowest BCUT2D eigenvalue weighted by Gasteiger charge is -2.22. The van der Waals surface area contributed by atoms with Crippen molar-refractivity contribution in [3.63, 3.8) is 0 Å². The van der Waals surface area contributed by atoms with Crippen LogP contribution in [0.1, 0.15) is 65.4 Å². The largest absolute Gasteiger partial charge is 0.504 e. The fourth-order valence-corrected chi connectivity index (χ4v) is 2.58. The first-order valence-electron chi connectivity index (χ1n) is 8.72. The molecule has 134 valence electrons. The Morgan fingerprint density at radius 1 is 1.00 bits per heavy atom. The van der Waals surface area contributed by atoms with Crippen molar-refractivity contribution < 1.29 is 15.3 Å². The van der Waals surface area contributed by atoms with E-state index < -0.39 is 5.60 Å². The topological polar surface area (TPSA) is 60.7 Å². The van der Waals surface area contributed by atoms with E-state index in [4.69, 9.17) is 0 Å². The molecule has 3 nitrogen and oxygen atoms in total. The Labute approximate surface area is 146 Å². The Bertz CT molecular complexity index is 579. The Balaban J connectivity index is 2.40. The van der Waals surface area contributed by atoms with Crippen LogP contribution in [0.2, 0.25) is 0 Å². The van der Waals surface area contributed by atoms with Gasteiger partial charge in [-0.25, -0.2) is 0 Å². The predicted molar refractivity (Wildman–Crippen MR) is 100 cm³/mol. The Morgan fingerprint density at radius 3 is 2.33 bits per heavy atom. The summed E-state index contributed by atoms with van der Waals surface area (Å²) < 4.78 is 0. The summed E-state index contributed by atoms with van der Waals surface area (Å²) in [4.78, 5) is 0. The smallest absolute Gasteiger partial charge is 0.157 e. The standard InChI is InChI=1S/C21H32O3/c1-16(2)7-5-8-17(3)9-6-13-21(4,24)14-12-18-10-11-19(22)20(23)15-18/h7,9-11,15,22-24H,5-6,8,12-14H2,1-4H3. The lowest BCUT2D eigenvalue weighted by molar-refractivity contribution is 0.0432. The number of benzene rings is 1. The quantitative estimate of drug-likeness (QED) is 0.427. The molecule has 0 heterocycles. The highest BCUT2D eigenvalue weighted by Crippen LogP contribution is 2.27. The molecule has 24 heavy (non-hydrogen) atoms. The molecule has 0 spiro atoms. The van der Waals surface area contributed by atoms with Crippen LogP contribution >= 0.6 is 0 Å². The molecule has 1 aromatic rings. The molecule has 3 heteroatoms. The summed E-state index contributed by atoms with van der Waals surface area (Å²) in [7, 11) is 0. The van der Waals surface area contributed by atoms with Crippen molar-refractivity contribution in [2.45, 2.75) is 71.8 Å². The van der Waals surface area contributed by atoms with Gasteiger partial charge >= 0.3 is 0 Å². The highest BCUT2D eigenvalue weighted by molar-refractivity contribution is 5.40. The van der Waals surface area contributed by atoms with Crippen LogP contribution in [0.4, 0.5) is 0 Å². The summed E-state index contributed by atoms with van der Waals surface area (Å²) >= 11 is 0. The van der Waals surface area contributed by atoms with Gasteiger partial charge in [-0.3, -0.25) is 0 Å². The third-order valence-corrected chi connectivity index (χ3v) is 4.26. The fourth-order valence-electron chi connectivity index (χ4n) is 2.58. The summed E-state index contributed by atoms with van der Waals surface area (Å²) in [5, 5.41) is 29.3. The average Bonchev–Trinajstić information content (AvgIpc) is 2.48. The van der Waals surface area contributed by atoms with Gasteiger partial charge in [0.2, 0.25) is 0 Å². The first-order valence-corrected chi connectivity index (χ1v) is 8.72. The lowest BCUT2D eigenvalue weighted by atomic mass is 9.91. The monoisotopic (exact) mass is 332 g/mol. The molecular formula is C21H32O3. The average molecular weight is 332 g/mol. The maximum absolute atomic E-state index is 10.5. The molecule has 1 atom stereocenters. The van der Waals surface area contributed by atoms with Crippen molar-refractivity contribution in [2.24, 2.45) is 0 Å². The molecular weight excluding hydrogens is 300 g/mol. The number of aryl methyl sites for hydroxylation is 1. The van der Waals surface area contributed by atoms with E-state index in [0.717, 1.165) is 31.2 Å². The normalized spacial score (nSPS) is 14.3. The van der Waals surface area contributed by atoms with Gasteiger partial charge in [-0.05, 0) is 83.9 Å². The number of rotatable bonds is 9. The maximum Gasteiger partial charge on any atom is 0.157 e. The van der Waals surface area contributed by atoms with Crippen LogP contribution in [0.3, 0.4) is 0 Å². The molecule has 0 amide bonds. The second-order valence-electron chi connectivity index (χ2n) is 7.23. The van der Waals surface area contributed by atoms with Crippen molar-refractivity contribution in [1.82, 2.24) is 0 Å². The van der Waals surface area contributed by atoms with Crippen LogP contribution in [-0.2, 0) is 6.42 Å². The summed E-state index contributed by atoms with van der Waals surface area (Å²) in [5.41, 5.74) is 2.90. The van der Waals surface area contributed by atoms with Gasteiger partial charge in [0, 0.05) is 0 Å². The molecule has 1 rings (SSSR count). The molecule has 0 aromatic heterocycles. The number of hydrogen-bond acceptors (Lipinski definition) is 3. The maximum atomic E-state index is 10.5. The van der Waals surface area contributed by atoms with Gasteiger partial charge in [0.1, 0.15) is 0 Å². The molecule has 0 radical (unpaired) electrons. The fraction of sp³-hybridized carbons (Fsp3) is 0.524. The van der Waals surface area contributed by atoms with E-state index in [1.54, 1.807) is 12.1 Å². The van der Waals surface area contributed by atoms with Crippen molar-refractivity contribution in [2.75, 3.05) is 0 Å². The van der Waals surface area contributed by atoms with E-state index >= 15 is 0 Å². The summed E-state index contributed by atoms with van der Waals surface area (Å²) in [6.45, 7) is 8.24. The third-order valence-electron chi connectivity index (χ3n) is 4.26. The third kappa shape index (κ3) is 8.21. The minimum atomic E-state index is -0.732. The van der Waals surface area contributed by atoms with Crippen molar-refractivity contribution in [1.29, 1.82) is 0 Å². The number of aliphatic hydroxyl groups is 1. The second-order valence-corrected chi connectivity index (χ2v) is 7.23. The van der Waals surface area contributed by atoms with Crippen LogP contribution < -0.4 is 0 Å². The molecule has 0 bridgehead atoms. The van der Waals surface area contributed by atoms with Gasteiger partial charge in [0.05, 0.1) is 5.60 Å². The Hall–Kier alpha value is -1.74. The molecule has 1 unspecified atom stereocenters. The minimum absolute atomic E-state index is 0.109. The van der Waals surface area contributed by atoms with E-state index in [1.165, 1.54) is 17.2 Å². The van der Waals surface area contributed by atoms with Crippen molar-refractivity contribution in [3.05, 3.63) is 47.1 Å². The summed E-state index contributed by atoms with van der Waals surface area (Å²) in [5.74, 6) is -0.221. The van der Waals surface area contributed by atoms with Crippen LogP contribution in [0.25, 0.3) is 0 Å². The van der Waals surface area contributed by atoms with Gasteiger partial charge in [-0.2, -0.15) is 0 Å². The van der Waals surface area contributed by atoms with E-state index in [-0.39, 0.29) is 11.5 Å². The van der Waals surface area contributed by atoms with Gasteiger partial charge in [0.25, 0.3) is 0 Å². The number of phenolic OH excluding ortho intramolecular Hbond substituents is 2. The molecule has 1 aromatic carbocycles. The SMILES string of the molecule is CC(C)=CCCC(C)=CCCC(C)(O)CCc1ccc(O)c(O)c1. The van der Waals surface area contributed by atoms with Gasteiger partial charge < -0.3 is 15.3 Å². The van der Waals surface area contributed by atoms with Crippen molar-refractivity contribution >= 4 is 0 Å². The second kappa shape index (κ2) is 9.53. The molecule has 0 aliphatic heterocycles. The number of phenols is 2. The zero-order valence-electron chi connectivity index (χ0n) is 15.5. The molecule has 0 saturated heterocycles. The van der Waals surface area contributed by atoms with Crippen molar-refractivity contribution in [3.8, 4) is 11.5 Å². The van der Waals surface area contributed by atoms with Crippen LogP contribution in [0, 0.1) is 0 Å². The van der Waals surface area contributed by atoms with Crippen LogP contribution in [-0.4, -0.2) is 20.9 Å². The van der Waals surface area contributed by atoms with Crippen LogP contribution in [0.5, 0.6) is 11.5 Å². The van der Waals surface area contributed by atoms with Crippen LogP contribution in [0.15, 0.2) is 41.5 Å². The molecule has 0 saturated carbocycles. The highest BCUT2D eigenvalue weighted by atomic mass is 16.3. The van der Waals surface area contributed by atoms with E-state index in [9.17, 15) is 15.3 Å². The molecule has 0 fully saturated rings. The van der Waals surface area contributed by atoms with Gasteiger partial charge in [-0.1, -0.05) is 29.4 Å². The first-order chi connectivity index (χ1) is 11.2. The summed E-state index contributed by atoms with van der Waals surface area (Å²) in [6, 6.07) is 4.81. The predicted octanol–water partition coefficient (Wildman–Crippen LogP) is 5.25.